The van der Waals surface area contributed by atoms with E-state index in [1.54, 1.807) is 24.6 Å². The molecule has 2 fully saturated rings. The van der Waals surface area contributed by atoms with Crippen LogP contribution in [0.2, 0.25) is 0 Å². The predicted octanol–water partition coefficient (Wildman–Crippen LogP) is 1.86. The Morgan fingerprint density at radius 2 is 2.27 bits per heavy atom. The normalized spacial score (nSPS) is 25.3. The van der Waals surface area contributed by atoms with Gasteiger partial charge in [-0.2, -0.15) is 4.31 Å². The number of hydrogen-bond acceptors (Lipinski definition) is 5. The average molecular weight is 514 g/mol. The summed E-state index contributed by atoms with van der Waals surface area (Å²) < 4.78 is 32.4. The summed E-state index contributed by atoms with van der Waals surface area (Å²) in [7, 11) is -1.82. The van der Waals surface area contributed by atoms with Gasteiger partial charge < -0.3 is 15.4 Å². The van der Waals surface area contributed by atoms with E-state index in [1.807, 2.05) is 6.92 Å². The van der Waals surface area contributed by atoms with Gasteiger partial charge in [0, 0.05) is 20.1 Å². The van der Waals surface area contributed by atoms with Crippen LogP contribution in [-0.2, 0) is 14.8 Å². The van der Waals surface area contributed by atoms with Crippen LogP contribution in [0.15, 0.2) is 26.7 Å². The summed E-state index contributed by atoms with van der Waals surface area (Å²) >= 11 is 1.23. The average Bonchev–Trinajstić information content (AvgIpc) is 3.32. The van der Waals surface area contributed by atoms with Gasteiger partial charge in [0.1, 0.15) is 4.21 Å². The molecule has 1 aromatic heterocycles. The first-order valence-electron chi connectivity index (χ1n) is 8.71. The molecule has 0 aromatic carbocycles. The number of nitrogens with zero attached hydrogens (tertiary/aromatic N) is 2. The van der Waals surface area contributed by atoms with Crippen LogP contribution in [0.4, 0.5) is 0 Å². The van der Waals surface area contributed by atoms with Gasteiger partial charge in [0.15, 0.2) is 5.96 Å². The van der Waals surface area contributed by atoms with Crippen LogP contribution in [0, 0.1) is 0 Å². The molecule has 2 aliphatic rings. The number of sulfonamides is 1. The lowest BCUT2D eigenvalue weighted by molar-refractivity contribution is 0.0992. The van der Waals surface area contributed by atoms with E-state index in [0.717, 1.165) is 31.8 Å². The van der Waals surface area contributed by atoms with E-state index in [1.165, 1.54) is 15.6 Å². The first kappa shape index (κ1) is 21.9. The third kappa shape index (κ3) is 5.09. The number of hydrogen-bond donors (Lipinski definition) is 2. The number of halogens is 1. The van der Waals surface area contributed by atoms with E-state index in [4.69, 9.17) is 4.74 Å². The van der Waals surface area contributed by atoms with Crippen molar-refractivity contribution in [3.63, 3.8) is 0 Å². The second kappa shape index (κ2) is 9.67. The molecule has 2 aliphatic heterocycles. The van der Waals surface area contributed by atoms with E-state index >= 15 is 0 Å². The van der Waals surface area contributed by atoms with Crippen molar-refractivity contribution >= 4 is 51.3 Å². The van der Waals surface area contributed by atoms with Crippen LogP contribution in [-0.4, -0.2) is 63.6 Å². The first-order chi connectivity index (χ1) is 12.0. The summed E-state index contributed by atoms with van der Waals surface area (Å²) in [5, 5.41) is 8.43. The molecular weight excluding hydrogens is 487 g/mol. The number of rotatable bonds is 7. The van der Waals surface area contributed by atoms with Crippen molar-refractivity contribution in [3.05, 3.63) is 17.5 Å². The lowest BCUT2D eigenvalue weighted by atomic mass is 9.96. The molecule has 2 N–H and O–H groups in total. The van der Waals surface area contributed by atoms with Gasteiger partial charge in [-0.15, -0.1) is 35.3 Å². The molecule has 0 amide bonds. The topological polar surface area (TPSA) is 83.0 Å². The molecule has 3 rings (SSSR count). The smallest absolute Gasteiger partial charge is 0.252 e. The molecule has 148 valence electrons. The number of nitrogens with one attached hydrogen (secondary N) is 2. The zero-order chi connectivity index (χ0) is 17.9. The molecule has 0 spiro atoms. The summed E-state index contributed by atoms with van der Waals surface area (Å²) in [6.45, 7) is 3.51. The van der Waals surface area contributed by atoms with E-state index in [0.29, 0.717) is 29.4 Å². The first-order valence-corrected chi connectivity index (χ1v) is 11.0. The summed E-state index contributed by atoms with van der Waals surface area (Å²) in [5.74, 6) is 0.727. The number of fused-ring (bicyclic) bond motifs is 2. The van der Waals surface area contributed by atoms with Gasteiger partial charge in [0.25, 0.3) is 10.0 Å². The van der Waals surface area contributed by atoms with Crippen molar-refractivity contribution in [2.24, 2.45) is 4.99 Å². The van der Waals surface area contributed by atoms with Gasteiger partial charge in [0.2, 0.25) is 0 Å². The molecule has 0 saturated carbocycles. The fourth-order valence-electron chi connectivity index (χ4n) is 3.27. The number of aliphatic imine (C=N–C) groups is 1. The highest BCUT2D eigenvalue weighted by Gasteiger charge is 2.41. The number of thiophene rings is 1. The zero-order valence-corrected chi connectivity index (χ0v) is 19.0. The highest BCUT2D eigenvalue weighted by molar-refractivity contribution is 14.0. The predicted molar refractivity (Wildman–Crippen MR) is 115 cm³/mol. The molecule has 0 aliphatic carbocycles. The molecular formula is C16H27IN4O3S2. The maximum atomic E-state index is 12.4. The van der Waals surface area contributed by atoms with Crippen LogP contribution in [0.5, 0.6) is 0 Å². The molecule has 3 heterocycles. The fourth-order valence-corrected chi connectivity index (χ4v) is 5.63. The molecule has 26 heavy (non-hydrogen) atoms. The minimum Gasteiger partial charge on any atom is -0.373 e. The Bertz CT molecular complexity index is 696. The Hall–Kier alpha value is -0.430. The second-order valence-corrected chi connectivity index (χ2v) is 9.60. The summed E-state index contributed by atoms with van der Waals surface area (Å²) in [5.41, 5.74) is 0. The van der Waals surface area contributed by atoms with Crippen molar-refractivity contribution in [3.8, 4) is 0 Å². The Morgan fingerprint density at radius 3 is 2.85 bits per heavy atom. The third-order valence-corrected chi connectivity index (χ3v) is 7.85. The van der Waals surface area contributed by atoms with Crippen molar-refractivity contribution in [2.45, 2.75) is 48.6 Å². The molecule has 1 aromatic rings. The standard InChI is InChI=1S/C16H26N4O3S2.HI/c1-3-17-16(19-13-11-12-6-7-14(13)23-12)18-8-9-20(2)25(21,22)15-5-4-10-24-15;/h4-5,10,12-14H,3,6-9,11H2,1-2H3,(H2,17,18,19);1H. The van der Waals surface area contributed by atoms with Gasteiger partial charge in [-0.3, -0.25) is 4.99 Å². The summed E-state index contributed by atoms with van der Waals surface area (Å²) in [6.07, 6.45) is 3.93. The second-order valence-electron chi connectivity index (χ2n) is 6.38. The van der Waals surface area contributed by atoms with Crippen LogP contribution in [0.3, 0.4) is 0 Å². The molecule has 10 heteroatoms. The van der Waals surface area contributed by atoms with E-state index < -0.39 is 10.0 Å². The number of ether oxygens (including phenoxy) is 1. The maximum absolute atomic E-state index is 12.4. The van der Waals surface area contributed by atoms with E-state index in [9.17, 15) is 8.42 Å². The van der Waals surface area contributed by atoms with Gasteiger partial charge in [-0.25, -0.2) is 8.42 Å². The van der Waals surface area contributed by atoms with Crippen molar-refractivity contribution in [1.82, 2.24) is 14.9 Å². The third-order valence-electron chi connectivity index (χ3n) is 4.62. The Morgan fingerprint density at radius 1 is 1.46 bits per heavy atom. The largest absolute Gasteiger partial charge is 0.373 e. The molecule has 3 unspecified atom stereocenters. The monoisotopic (exact) mass is 514 g/mol. The Kier molecular flexibility index (Phi) is 8.13. The van der Waals surface area contributed by atoms with Crippen LogP contribution < -0.4 is 10.6 Å². The minimum absolute atomic E-state index is 0. The fraction of sp³-hybridized carbons (Fsp3) is 0.688. The van der Waals surface area contributed by atoms with Gasteiger partial charge >= 0.3 is 0 Å². The summed E-state index contributed by atoms with van der Waals surface area (Å²) in [4.78, 5) is 4.53. The van der Waals surface area contributed by atoms with Crippen LogP contribution >= 0.6 is 35.3 Å². The van der Waals surface area contributed by atoms with Crippen molar-refractivity contribution in [1.29, 1.82) is 0 Å². The van der Waals surface area contributed by atoms with Gasteiger partial charge in [-0.1, -0.05) is 6.07 Å². The highest BCUT2D eigenvalue weighted by Crippen LogP contribution is 2.34. The van der Waals surface area contributed by atoms with Gasteiger partial charge in [-0.05, 0) is 37.6 Å². The molecule has 2 saturated heterocycles. The molecule has 0 radical (unpaired) electrons. The molecule has 3 atom stereocenters. The lowest BCUT2D eigenvalue weighted by Crippen LogP contribution is -2.47. The SMILES string of the molecule is CCNC(=NCCN(C)S(=O)(=O)c1cccs1)NC1CC2CCC1O2.I. The zero-order valence-electron chi connectivity index (χ0n) is 15.1. The van der Waals surface area contributed by atoms with Crippen LogP contribution in [0.25, 0.3) is 0 Å². The maximum Gasteiger partial charge on any atom is 0.252 e. The highest BCUT2D eigenvalue weighted by atomic mass is 127. The van der Waals surface area contributed by atoms with Crippen LogP contribution in [0.1, 0.15) is 26.2 Å². The van der Waals surface area contributed by atoms with E-state index in [-0.39, 0.29) is 30.1 Å². The van der Waals surface area contributed by atoms with Crippen molar-refractivity contribution < 1.29 is 13.2 Å². The lowest BCUT2D eigenvalue weighted by Gasteiger charge is -2.23. The van der Waals surface area contributed by atoms with Crippen molar-refractivity contribution in [2.75, 3.05) is 26.7 Å². The quantitative estimate of drug-likeness (QED) is 0.330. The number of likely N-dealkylation sites (N-methyl/N-ethyl adjacent to an activating group) is 1. The van der Waals surface area contributed by atoms with E-state index in [2.05, 4.69) is 15.6 Å². The Balaban J connectivity index is 0.00000243. The molecule has 2 bridgehead atoms. The summed E-state index contributed by atoms with van der Waals surface area (Å²) in [6, 6.07) is 3.67. The Labute approximate surface area is 176 Å². The molecule has 7 nitrogen and oxygen atoms in total. The number of guanidine groups is 1. The minimum atomic E-state index is -3.41. The van der Waals surface area contributed by atoms with Gasteiger partial charge in [0.05, 0.1) is 24.8 Å².